The summed E-state index contributed by atoms with van der Waals surface area (Å²) in [6.45, 7) is 3.82. The van der Waals surface area contributed by atoms with Gasteiger partial charge in [0.1, 0.15) is 0 Å². The number of amides is 1. The summed E-state index contributed by atoms with van der Waals surface area (Å²) >= 11 is 0. The second-order valence-electron chi connectivity index (χ2n) is 3.42. The Morgan fingerprint density at radius 2 is 2.54 bits per heavy atom. The van der Waals surface area contributed by atoms with Gasteiger partial charge in [-0.25, -0.2) is 0 Å². The molecule has 1 fully saturated rings. The Bertz CT molecular complexity index is 153. The first-order valence-electron chi connectivity index (χ1n) is 4.78. The van der Waals surface area contributed by atoms with Crippen LogP contribution in [0.25, 0.3) is 0 Å². The van der Waals surface area contributed by atoms with Crippen molar-refractivity contribution < 1.29 is 9.53 Å². The number of rotatable bonds is 5. The normalized spacial score (nSPS) is 24.2. The molecule has 1 rings (SSSR count). The summed E-state index contributed by atoms with van der Waals surface area (Å²) in [5, 5.41) is 2.83. The van der Waals surface area contributed by atoms with E-state index >= 15 is 0 Å². The zero-order valence-electron chi connectivity index (χ0n) is 8.16. The molecule has 1 saturated heterocycles. The third-order valence-electron chi connectivity index (χ3n) is 2.42. The number of likely N-dealkylation sites (tertiary alicyclic amines) is 1. The highest BCUT2D eigenvalue weighted by molar-refractivity contribution is 5.46. The van der Waals surface area contributed by atoms with Gasteiger partial charge in [-0.1, -0.05) is 0 Å². The number of hydrogen-bond acceptors (Lipinski definition) is 3. The van der Waals surface area contributed by atoms with E-state index in [0.29, 0.717) is 6.04 Å². The standard InChI is InChI=1S/C9H18N2O2/c1-13-6-5-11-4-2-3-9(7-11)10-8-12/h8-9H,2-7H2,1H3,(H,10,12)/t9-/m1/s1. The molecule has 76 valence electrons. The van der Waals surface area contributed by atoms with Gasteiger partial charge in [-0.15, -0.1) is 0 Å². The summed E-state index contributed by atoms with van der Waals surface area (Å²) in [4.78, 5) is 12.6. The molecule has 0 aliphatic carbocycles. The lowest BCUT2D eigenvalue weighted by molar-refractivity contribution is -0.110. The van der Waals surface area contributed by atoms with Crippen molar-refractivity contribution in [2.75, 3.05) is 33.4 Å². The van der Waals surface area contributed by atoms with Gasteiger partial charge in [0.25, 0.3) is 0 Å². The number of carbonyl (C=O) groups is 1. The maximum absolute atomic E-state index is 10.2. The van der Waals surface area contributed by atoms with Crippen LogP contribution in [-0.2, 0) is 9.53 Å². The van der Waals surface area contributed by atoms with Gasteiger partial charge in [0.15, 0.2) is 0 Å². The molecule has 1 atom stereocenters. The Morgan fingerprint density at radius 3 is 3.23 bits per heavy atom. The van der Waals surface area contributed by atoms with Crippen molar-refractivity contribution in [3.63, 3.8) is 0 Å². The van der Waals surface area contributed by atoms with Gasteiger partial charge in [-0.05, 0) is 19.4 Å². The third-order valence-corrected chi connectivity index (χ3v) is 2.42. The molecule has 0 aromatic heterocycles. The van der Waals surface area contributed by atoms with E-state index in [4.69, 9.17) is 4.74 Å². The molecule has 0 aromatic rings. The molecule has 4 heteroatoms. The van der Waals surface area contributed by atoms with E-state index < -0.39 is 0 Å². The van der Waals surface area contributed by atoms with Crippen LogP contribution in [0.4, 0.5) is 0 Å². The Morgan fingerprint density at radius 1 is 1.69 bits per heavy atom. The zero-order valence-corrected chi connectivity index (χ0v) is 8.16. The Hall–Kier alpha value is -0.610. The fraction of sp³-hybridized carbons (Fsp3) is 0.889. The maximum Gasteiger partial charge on any atom is 0.207 e. The van der Waals surface area contributed by atoms with Gasteiger partial charge >= 0.3 is 0 Å². The minimum absolute atomic E-state index is 0.336. The molecule has 0 spiro atoms. The van der Waals surface area contributed by atoms with E-state index in [1.807, 2.05) is 0 Å². The molecule has 1 amide bonds. The zero-order chi connectivity index (χ0) is 9.52. The van der Waals surface area contributed by atoms with Crippen molar-refractivity contribution >= 4 is 6.41 Å². The van der Waals surface area contributed by atoms with E-state index in [1.165, 1.54) is 0 Å². The van der Waals surface area contributed by atoms with Crippen molar-refractivity contribution in [2.24, 2.45) is 0 Å². The van der Waals surface area contributed by atoms with Crippen LogP contribution >= 0.6 is 0 Å². The van der Waals surface area contributed by atoms with Crippen molar-refractivity contribution in [2.45, 2.75) is 18.9 Å². The monoisotopic (exact) mass is 186 g/mol. The quantitative estimate of drug-likeness (QED) is 0.607. The number of carbonyl (C=O) groups excluding carboxylic acids is 1. The van der Waals surface area contributed by atoms with Gasteiger partial charge < -0.3 is 10.1 Å². The highest BCUT2D eigenvalue weighted by Crippen LogP contribution is 2.08. The molecule has 1 aliphatic heterocycles. The molecular weight excluding hydrogens is 168 g/mol. The van der Waals surface area contributed by atoms with Gasteiger partial charge in [0, 0.05) is 26.2 Å². The molecular formula is C9H18N2O2. The minimum atomic E-state index is 0.336. The smallest absolute Gasteiger partial charge is 0.207 e. The topological polar surface area (TPSA) is 41.6 Å². The van der Waals surface area contributed by atoms with Crippen molar-refractivity contribution in [3.8, 4) is 0 Å². The summed E-state index contributed by atoms with van der Waals surface area (Å²) in [7, 11) is 1.71. The summed E-state index contributed by atoms with van der Waals surface area (Å²) in [5.74, 6) is 0. The molecule has 13 heavy (non-hydrogen) atoms. The van der Waals surface area contributed by atoms with Gasteiger partial charge in [0.2, 0.25) is 6.41 Å². The predicted octanol–water partition coefficient (Wildman–Crippen LogP) is -0.157. The summed E-state index contributed by atoms with van der Waals surface area (Å²) in [5.41, 5.74) is 0. The molecule has 0 saturated carbocycles. The van der Waals surface area contributed by atoms with Crippen LogP contribution in [0.3, 0.4) is 0 Å². The first-order valence-corrected chi connectivity index (χ1v) is 4.78. The summed E-state index contributed by atoms with van der Waals surface area (Å²) < 4.78 is 5.01. The Balaban J connectivity index is 2.20. The van der Waals surface area contributed by atoms with Crippen LogP contribution in [0.1, 0.15) is 12.8 Å². The first kappa shape index (κ1) is 10.5. The van der Waals surface area contributed by atoms with Crippen LogP contribution in [-0.4, -0.2) is 50.7 Å². The van der Waals surface area contributed by atoms with E-state index in [2.05, 4.69) is 10.2 Å². The first-order chi connectivity index (χ1) is 6.36. The van der Waals surface area contributed by atoms with E-state index in [0.717, 1.165) is 45.5 Å². The number of piperidine rings is 1. The highest BCUT2D eigenvalue weighted by atomic mass is 16.5. The SMILES string of the molecule is COCCN1CCC[C@@H](NC=O)C1. The average Bonchev–Trinajstić information content (AvgIpc) is 2.16. The van der Waals surface area contributed by atoms with Crippen LogP contribution in [0.15, 0.2) is 0 Å². The fourth-order valence-corrected chi connectivity index (χ4v) is 1.71. The number of nitrogens with zero attached hydrogens (tertiary/aromatic N) is 1. The van der Waals surface area contributed by atoms with Crippen LogP contribution in [0.5, 0.6) is 0 Å². The van der Waals surface area contributed by atoms with Gasteiger partial charge in [-0.3, -0.25) is 9.69 Å². The largest absolute Gasteiger partial charge is 0.383 e. The summed E-state index contributed by atoms with van der Waals surface area (Å²) in [6.07, 6.45) is 3.06. The van der Waals surface area contributed by atoms with Crippen LogP contribution in [0.2, 0.25) is 0 Å². The third kappa shape index (κ3) is 3.74. The molecule has 1 N–H and O–H groups in total. The van der Waals surface area contributed by atoms with E-state index in [1.54, 1.807) is 7.11 Å². The average molecular weight is 186 g/mol. The molecule has 4 nitrogen and oxygen atoms in total. The number of nitrogens with one attached hydrogen (secondary N) is 1. The van der Waals surface area contributed by atoms with Crippen molar-refractivity contribution in [1.82, 2.24) is 10.2 Å². The molecule has 0 aromatic carbocycles. The fourth-order valence-electron chi connectivity index (χ4n) is 1.71. The number of ether oxygens (including phenoxy) is 1. The molecule has 0 radical (unpaired) electrons. The minimum Gasteiger partial charge on any atom is -0.383 e. The lowest BCUT2D eigenvalue weighted by Crippen LogP contribution is -2.46. The van der Waals surface area contributed by atoms with E-state index in [-0.39, 0.29) is 0 Å². The molecule has 0 bridgehead atoms. The molecule has 1 aliphatic rings. The molecule has 1 heterocycles. The van der Waals surface area contributed by atoms with Crippen molar-refractivity contribution in [3.05, 3.63) is 0 Å². The number of hydrogen-bond donors (Lipinski definition) is 1. The lowest BCUT2D eigenvalue weighted by atomic mass is 10.1. The van der Waals surface area contributed by atoms with Crippen LogP contribution < -0.4 is 5.32 Å². The predicted molar refractivity (Wildman–Crippen MR) is 50.5 cm³/mol. The van der Waals surface area contributed by atoms with Gasteiger partial charge in [0.05, 0.1) is 6.61 Å². The lowest BCUT2D eigenvalue weighted by Gasteiger charge is -2.31. The van der Waals surface area contributed by atoms with Crippen molar-refractivity contribution in [1.29, 1.82) is 0 Å². The highest BCUT2D eigenvalue weighted by Gasteiger charge is 2.18. The summed E-state index contributed by atoms with van der Waals surface area (Å²) in [6, 6.07) is 0.336. The van der Waals surface area contributed by atoms with E-state index in [9.17, 15) is 4.79 Å². The second-order valence-corrected chi connectivity index (χ2v) is 3.42. The Labute approximate surface area is 79.2 Å². The van der Waals surface area contributed by atoms with Crippen LogP contribution in [0, 0.1) is 0 Å². The van der Waals surface area contributed by atoms with Gasteiger partial charge in [-0.2, -0.15) is 0 Å². The molecule has 0 unspecified atom stereocenters. The second kappa shape index (κ2) is 5.94. The number of methoxy groups -OCH3 is 1. The Kier molecular flexibility index (Phi) is 4.78. The maximum atomic E-state index is 10.2.